The molecule has 142 valence electrons. The molecule has 5 nitrogen and oxygen atoms in total. The van der Waals surface area contributed by atoms with Gasteiger partial charge in [-0.3, -0.25) is 4.79 Å². The molecule has 2 aromatic carbocycles. The Morgan fingerprint density at radius 3 is 2.11 bits per heavy atom. The van der Waals surface area contributed by atoms with Gasteiger partial charge in [-0.25, -0.2) is 13.6 Å². The van der Waals surface area contributed by atoms with Gasteiger partial charge in [0.25, 0.3) is 0 Å². The van der Waals surface area contributed by atoms with E-state index in [0.29, 0.717) is 0 Å². The highest BCUT2D eigenvalue weighted by Crippen LogP contribution is 2.44. The zero-order valence-corrected chi connectivity index (χ0v) is 14.4. The molecule has 1 amide bonds. The second-order valence-corrected chi connectivity index (χ2v) is 6.40. The summed E-state index contributed by atoms with van der Waals surface area (Å²) >= 11 is 0. The number of fused-ring (bicyclic) bond motifs is 3. The topological polar surface area (TPSA) is 75.6 Å². The van der Waals surface area contributed by atoms with Gasteiger partial charge in [-0.05, 0) is 22.3 Å². The fourth-order valence-corrected chi connectivity index (χ4v) is 3.34. The van der Waals surface area contributed by atoms with Crippen LogP contribution in [-0.2, 0) is 9.53 Å². The van der Waals surface area contributed by atoms with Crippen molar-refractivity contribution in [1.29, 1.82) is 0 Å². The Hall–Kier alpha value is -2.96. The Kier molecular flexibility index (Phi) is 5.69. The molecule has 0 unspecified atom stereocenters. The molecule has 0 spiro atoms. The Labute approximate surface area is 155 Å². The molecule has 0 bridgehead atoms. The van der Waals surface area contributed by atoms with Crippen LogP contribution in [0.2, 0.25) is 0 Å². The van der Waals surface area contributed by atoms with Gasteiger partial charge in [0.2, 0.25) is 6.43 Å². The van der Waals surface area contributed by atoms with Gasteiger partial charge in [0.05, 0.1) is 6.42 Å². The van der Waals surface area contributed by atoms with Crippen molar-refractivity contribution in [2.75, 3.05) is 13.2 Å². The van der Waals surface area contributed by atoms with Crippen molar-refractivity contribution in [3.63, 3.8) is 0 Å². The number of amides is 1. The first-order valence-corrected chi connectivity index (χ1v) is 8.56. The highest BCUT2D eigenvalue weighted by molar-refractivity contribution is 5.79. The van der Waals surface area contributed by atoms with Crippen LogP contribution in [0, 0.1) is 5.92 Å². The van der Waals surface area contributed by atoms with E-state index in [1.807, 2.05) is 48.5 Å². The Balaban J connectivity index is 1.61. The number of aliphatic carboxylic acids is 1. The fourth-order valence-electron chi connectivity index (χ4n) is 3.34. The molecule has 27 heavy (non-hydrogen) atoms. The summed E-state index contributed by atoms with van der Waals surface area (Å²) in [7, 11) is 0. The molecule has 1 atom stereocenters. The molecule has 1 aliphatic carbocycles. The summed E-state index contributed by atoms with van der Waals surface area (Å²) in [6, 6.07) is 15.7. The fraction of sp³-hybridized carbons (Fsp3) is 0.300. The first kappa shape index (κ1) is 18.8. The largest absolute Gasteiger partial charge is 0.481 e. The number of carboxylic acid groups (broad SMARTS) is 1. The molecule has 2 N–H and O–H groups in total. The van der Waals surface area contributed by atoms with Gasteiger partial charge in [0.15, 0.2) is 0 Å². The lowest BCUT2D eigenvalue weighted by molar-refractivity contribution is -0.139. The van der Waals surface area contributed by atoms with Gasteiger partial charge in [-0.2, -0.15) is 0 Å². The molecule has 0 fully saturated rings. The Morgan fingerprint density at radius 2 is 1.59 bits per heavy atom. The van der Waals surface area contributed by atoms with Crippen LogP contribution in [0.5, 0.6) is 0 Å². The van der Waals surface area contributed by atoms with Crippen LogP contribution in [0.15, 0.2) is 48.5 Å². The van der Waals surface area contributed by atoms with E-state index in [-0.39, 0.29) is 12.5 Å². The minimum absolute atomic E-state index is 0.0676. The second-order valence-electron chi connectivity index (χ2n) is 6.40. The number of hydrogen-bond donors (Lipinski definition) is 2. The zero-order chi connectivity index (χ0) is 19.4. The summed E-state index contributed by atoms with van der Waals surface area (Å²) in [6.45, 7) is -0.390. The number of alkyl carbamates (subject to hydrolysis) is 1. The van der Waals surface area contributed by atoms with Gasteiger partial charge >= 0.3 is 12.1 Å². The number of benzene rings is 2. The predicted molar refractivity (Wildman–Crippen MR) is 94.8 cm³/mol. The first-order valence-electron chi connectivity index (χ1n) is 8.56. The molecule has 0 saturated heterocycles. The van der Waals surface area contributed by atoms with Crippen molar-refractivity contribution in [3.05, 3.63) is 59.7 Å². The lowest BCUT2D eigenvalue weighted by atomic mass is 9.98. The van der Waals surface area contributed by atoms with Crippen molar-refractivity contribution in [2.45, 2.75) is 18.8 Å². The summed E-state index contributed by atoms with van der Waals surface area (Å²) in [5, 5.41) is 10.9. The summed E-state index contributed by atoms with van der Waals surface area (Å²) in [6.07, 6.45) is -4.40. The minimum Gasteiger partial charge on any atom is -0.481 e. The van der Waals surface area contributed by atoms with Gasteiger partial charge in [0, 0.05) is 18.4 Å². The van der Waals surface area contributed by atoms with E-state index >= 15 is 0 Å². The highest BCUT2D eigenvalue weighted by atomic mass is 19.3. The third-order valence-electron chi connectivity index (χ3n) is 4.65. The summed E-state index contributed by atoms with van der Waals surface area (Å²) < 4.78 is 30.9. The third-order valence-corrected chi connectivity index (χ3v) is 4.65. The van der Waals surface area contributed by atoms with Crippen LogP contribution >= 0.6 is 0 Å². The molecule has 7 heteroatoms. The molecule has 3 rings (SSSR count). The van der Waals surface area contributed by atoms with E-state index in [9.17, 15) is 18.4 Å². The monoisotopic (exact) mass is 375 g/mol. The number of carbonyl (C=O) groups is 2. The van der Waals surface area contributed by atoms with Crippen molar-refractivity contribution >= 4 is 12.1 Å². The molecule has 0 radical (unpaired) electrons. The average molecular weight is 375 g/mol. The molecule has 0 saturated carbocycles. The van der Waals surface area contributed by atoms with E-state index in [2.05, 4.69) is 5.32 Å². The molecule has 0 aromatic heterocycles. The number of rotatable bonds is 7. The summed E-state index contributed by atoms with van der Waals surface area (Å²) in [5.74, 6) is -2.93. The maximum Gasteiger partial charge on any atom is 0.407 e. The number of carboxylic acids is 1. The van der Waals surface area contributed by atoms with Gasteiger partial charge in [-0.1, -0.05) is 48.5 Å². The van der Waals surface area contributed by atoms with Crippen molar-refractivity contribution in [1.82, 2.24) is 5.32 Å². The predicted octanol–water partition coefficient (Wildman–Crippen LogP) is 3.88. The average Bonchev–Trinajstić information content (AvgIpc) is 2.97. The van der Waals surface area contributed by atoms with Gasteiger partial charge in [-0.15, -0.1) is 0 Å². The summed E-state index contributed by atoms with van der Waals surface area (Å²) in [5.41, 5.74) is 4.26. The van der Waals surface area contributed by atoms with Crippen LogP contribution in [0.1, 0.15) is 23.5 Å². The number of alkyl halides is 2. The van der Waals surface area contributed by atoms with Crippen LogP contribution in [-0.4, -0.2) is 36.7 Å². The molecule has 0 aliphatic heterocycles. The van der Waals surface area contributed by atoms with E-state index in [1.54, 1.807) is 0 Å². The standard InChI is InChI=1S/C20H19F2NO4/c21-19(22)12(9-18(24)25)10-23-20(26)27-11-17-15-7-3-1-5-13(15)14-6-2-4-8-16(14)17/h1-8,12,17,19H,9-11H2,(H,23,26)(H,24,25)/t12-/m0/s1. The van der Waals surface area contributed by atoms with Crippen molar-refractivity contribution in [2.24, 2.45) is 5.92 Å². The lowest BCUT2D eigenvalue weighted by Gasteiger charge is -2.17. The Morgan fingerprint density at radius 1 is 1.04 bits per heavy atom. The van der Waals surface area contributed by atoms with Crippen molar-refractivity contribution in [3.8, 4) is 11.1 Å². The minimum atomic E-state index is -2.84. The van der Waals surface area contributed by atoms with Crippen LogP contribution < -0.4 is 5.32 Å². The number of ether oxygens (including phenoxy) is 1. The number of carbonyl (C=O) groups excluding carboxylic acids is 1. The normalized spacial score (nSPS) is 13.7. The third kappa shape index (κ3) is 4.24. The lowest BCUT2D eigenvalue weighted by Crippen LogP contribution is -2.34. The second kappa shape index (κ2) is 8.16. The molecular formula is C20H19F2NO4. The van der Waals surface area contributed by atoms with E-state index in [1.165, 1.54) is 0 Å². The van der Waals surface area contributed by atoms with Gasteiger partial charge in [0.1, 0.15) is 6.61 Å². The first-order chi connectivity index (χ1) is 13.0. The number of nitrogens with one attached hydrogen (secondary N) is 1. The van der Waals surface area contributed by atoms with Crippen LogP contribution in [0.25, 0.3) is 11.1 Å². The molecule has 2 aromatic rings. The highest BCUT2D eigenvalue weighted by Gasteiger charge is 2.29. The van der Waals surface area contributed by atoms with E-state index in [0.717, 1.165) is 22.3 Å². The molecular weight excluding hydrogens is 356 g/mol. The van der Waals surface area contributed by atoms with Gasteiger partial charge < -0.3 is 15.2 Å². The molecule has 0 heterocycles. The maximum absolute atomic E-state index is 12.8. The van der Waals surface area contributed by atoms with Crippen LogP contribution in [0.4, 0.5) is 13.6 Å². The Bertz CT molecular complexity index is 795. The smallest absolute Gasteiger partial charge is 0.407 e. The number of halogens is 2. The number of hydrogen-bond acceptors (Lipinski definition) is 3. The maximum atomic E-state index is 12.8. The quantitative estimate of drug-likeness (QED) is 0.770. The zero-order valence-electron chi connectivity index (χ0n) is 14.4. The van der Waals surface area contributed by atoms with Crippen molar-refractivity contribution < 1.29 is 28.2 Å². The SMILES string of the molecule is O=C(O)C[C@@H](CNC(=O)OCC1c2ccccc2-c2ccccc21)C(F)F. The molecule has 1 aliphatic rings. The van der Waals surface area contributed by atoms with E-state index in [4.69, 9.17) is 9.84 Å². The van der Waals surface area contributed by atoms with Crippen LogP contribution in [0.3, 0.4) is 0 Å². The summed E-state index contributed by atoms with van der Waals surface area (Å²) in [4.78, 5) is 22.5. The van der Waals surface area contributed by atoms with E-state index < -0.39 is 37.4 Å².